The summed E-state index contributed by atoms with van der Waals surface area (Å²) >= 11 is 0. The van der Waals surface area contributed by atoms with Crippen molar-refractivity contribution in [1.82, 2.24) is 25.2 Å². The largest absolute Gasteiger partial charge is 0.348 e. The summed E-state index contributed by atoms with van der Waals surface area (Å²) in [5.41, 5.74) is 1.73. The summed E-state index contributed by atoms with van der Waals surface area (Å²) in [5, 5.41) is 7.44. The number of H-pyrrole nitrogens is 1. The molecule has 0 bridgehead atoms. The van der Waals surface area contributed by atoms with Crippen LogP contribution in [0.25, 0.3) is 0 Å². The van der Waals surface area contributed by atoms with Crippen LogP contribution in [0.5, 0.6) is 0 Å². The second kappa shape index (κ2) is 6.42. The van der Waals surface area contributed by atoms with Gasteiger partial charge >= 0.3 is 0 Å². The van der Waals surface area contributed by atoms with Gasteiger partial charge in [0.2, 0.25) is 11.9 Å². The van der Waals surface area contributed by atoms with Crippen molar-refractivity contribution in [3.8, 4) is 0 Å². The molecule has 1 fully saturated rings. The first-order chi connectivity index (χ1) is 11.4. The lowest BCUT2D eigenvalue weighted by atomic mass is 10.1. The number of anilines is 1. The van der Waals surface area contributed by atoms with E-state index in [1.807, 2.05) is 14.1 Å². The Labute approximate surface area is 138 Å². The molecule has 0 aromatic carbocycles. The number of carbonyl (C=O) groups is 1. The van der Waals surface area contributed by atoms with Gasteiger partial charge in [-0.2, -0.15) is 0 Å². The van der Waals surface area contributed by atoms with Gasteiger partial charge in [-0.05, 0) is 13.3 Å². The summed E-state index contributed by atoms with van der Waals surface area (Å²) in [5.74, 6) is 0.562. The Balaban J connectivity index is 1.70. The molecule has 1 aliphatic heterocycles. The minimum absolute atomic E-state index is 0.0195. The highest BCUT2D eigenvalue weighted by Crippen LogP contribution is 2.26. The van der Waals surface area contributed by atoms with E-state index in [2.05, 4.69) is 24.9 Å². The molecule has 128 valence electrons. The van der Waals surface area contributed by atoms with E-state index in [4.69, 9.17) is 0 Å². The average molecular weight is 332 g/mol. The number of likely N-dealkylation sites (tertiary alicyclic amines) is 1. The van der Waals surface area contributed by atoms with Crippen LogP contribution in [-0.4, -0.2) is 58.3 Å². The summed E-state index contributed by atoms with van der Waals surface area (Å²) in [7, 11) is 3.64. The highest BCUT2D eigenvalue weighted by Gasteiger charge is 2.29. The lowest BCUT2D eigenvalue weighted by molar-refractivity contribution is -0.129. The lowest BCUT2D eigenvalue weighted by Crippen LogP contribution is -2.30. The van der Waals surface area contributed by atoms with Crippen LogP contribution in [0.2, 0.25) is 0 Å². The van der Waals surface area contributed by atoms with Crippen molar-refractivity contribution in [2.24, 2.45) is 0 Å². The topological polar surface area (TPSA) is 108 Å². The smallest absolute Gasteiger partial charge is 0.252 e. The second-order valence-corrected chi connectivity index (χ2v) is 6.19. The SMILES string of the molecule is Cc1nonc1CC(=O)N1CC[C@H](c2cc(=O)[nH]c(N(C)C)n2)C1. The van der Waals surface area contributed by atoms with Crippen molar-refractivity contribution < 1.29 is 9.42 Å². The quantitative estimate of drug-likeness (QED) is 0.845. The number of aromatic nitrogens is 4. The molecular formula is C15H20N6O3. The summed E-state index contributed by atoms with van der Waals surface area (Å²) in [6.07, 6.45) is 0.957. The highest BCUT2D eigenvalue weighted by molar-refractivity contribution is 5.78. The number of amides is 1. The fraction of sp³-hybridized carbons (Fsp3) is 0.533. The van der Waals surface area contributed by atoms with Crippen LogP contribution >= 0.6 is 0 Å². The van der Waals surface area contributed by atoms with Crippen molar-refractivity contribution in [3.05, 3.63) is 33.5 Å². The standard InChI is InChI=1S/C15H20N6O3/c1-9-11(19-24-18-9)7-14(23)21-5-4-10(8-21)12-6-13(22)17-15(16-12)20(2)3/h6,10H,4-5,7-8H2,1-3H3,(H,16,17,22)/t10-/m0/s1. The normalized spacial score (nSPS) is 17.3. The maximum absolute atomic E-state index is 12.4. The molecule has 0 spiro atoms. The molecule has 0 unspecified atom stereocenters. The summed E-state index contributed by atoms with van der Waals surface area (Å²) < 4.78 is 4.62. The van der Waals surface area contributed by atoms with E-state index in [1.54, 1.807) is 16.7 Å². The van der Waals surface area contributed by atoms with E-state index in [9.17, 15) is 9.59 Å². The van der Waals surface area contributed by atoms with E-state index in [0.29, 0.717) is 30.4 Å². The van der Waals surface area contributed by atoms with Crippen LogP contribution in [0, 0.1) is 6.92 Å². The number of carbonyl (C=O) groups excluding carboxylic acids is 1. The molecule has 3 rings (SSSR count). The van der Waals surface area contributed by atoms with E-state index < -0.39 is 0 Å². The zero-order valence-corrected chi connectivity index (χ0v) is 13.9. The van der Waals surface area contributed by atoms with Crippen LogP contribution in [0.3, 0.4) is 0 Å². The van der Waals surface area contributed by atoms with Gasteiger partial charge in [-0.1, -0.05) is 10.3 Å². The minimum Gasteiger partial charge on any atom is -0.348 e. The zero-order chi connectivity index (χ0) is 17.3. The lowest BCUT2D eigenvalue weighted by Gasteiger charge is -2.17. The minimum atomic E-state index is -0.183. The zero-order valence-electron chi connectivity index (χ0n) is 13.9. The van der Waals surface area contributed by atoms with E-state index in [0.717, 1.165) is 12.1 Å². The molecule has 0 aliphatic carbocycles. The van der Waals surface area contributed by atoms with Gasteiger partial charge in [-0.3, -0.25) is 14.6 Å². The summed E-state index contributed by atoms with van der Waals surface area (Å²) in [6, 6.07) is 1.51. The van der Waals surface area contributed by atoms with Gasteiger partial charge in [0.1, 0.15) is 11.4 Å². The molecule has 1 saturated heterocycles. The molecule has 1 atom stereocenters. The molecule has 0 radical (unpaired) electrons. The number of aryl methyl sites for hydroxylation is 1. The van der Waals surface area contributed by atoms with Gasteiger partial charge in [0.15, 0.2) is 0 Å². The predicted octanol–water partition coefficient (Wildman–Crippen LogP) is 0.0859. The number of rotatable bonds is 4. The maximum Gasteiger partial charge on any atom is 0.252 e. The third-order valence-electron chi connectivity index (χ3n) is 4.20. The monoisotopic (exact) mass is 332 g/mol. The van der Waals surface area contributed by atoms with Crippen LogP contribution in [0.4, 0.5) is 5.95 Å². The maximum atomic E-state index is 12.4. The molecule has 1 N–H and O–H groups in total. The predicted molar refractivity (Wildman–Crippen MR) is 85.9 cm³/mol. The Morgan fingerprint density at radius 1 is 1.46 bits per heavy atom. The molecule has 1 aliphatic rings. The number of hydrogen-bond acceptors (Lipinski definition) is 7. The number of hydrogen-bond donors (Lipinski definition) is 1. The van der Waals surface area contributed by atoms with Gasteiger partial charge in [-0.15, -0.1) is 0 Å². The first kappa shape index (κ1) is 16.2. The van der Waals surface area contributed by atoms with Crippen molar-refractivity contribution in [2.45, 2.75) is 25.7 Å². The first-order valence-corrected chi connectivity index (χ1v) is 7.78. The summed E-state index contributed by atoms with van der Waals surface area (Å²) in [6.45, 7) is 2.95. The van der Waals surface area contributed by atoms with Crippen molar-refractivity contribution >= 4 is 11.9 Å². The third-order valence-corrected chi connectivity index (χ3v) is 4.20. The van der Waals surface area contributed by atoms with Gasteiger partial charge in [0.25, 0.3) is 5.56 Å². The van der Waals surface area contributed by atoms with Crippen LogP contribution in [-0.2, 0) is 11.2 Å². The molecule has 2 aromatic heterocycles. The first-order valence-electron chi connectivity index (χ1n) is 7.78. The average Bonchev–Trinajstić information content (AvgIpc) is 3.16. The van der Waals surface area contributed by atoms with Crippen LogP contribution < -0.4 is 10.5 Å². The highest BCUT2D eigenvalue weighted by atomic mass is 16.6. The molecule has 1 amide bonds. The van der Waals surface area contributed by atoms with Crippen LogP contribution in [0.1, 0.15) is 29.4 Å². The number of nitrogens with one attached hydrogen (secondary N) is 1. The van der Waals surface area contributed by atoms with E-state index in [-0.39, 0.29) is 23.8 Å². The molecule has 0 saturated carbocycles. The van der Waals surface area contributed by atoms with Gasteiger partial charge < -0.3 is 9.80 Å². The number of nitrogens with zero attached hydrogens (tertiary/aromatic N) is 5. The van der Waals surface area contributed by atoms with E-state index >= 15 is 0 Å². The van der Waals surface area contributed by atoms with Crippen molar-refractivity contribution in [1.29, 1.82) is 0 Å². The van der Waals surface area contributed by atoms with Crippen LogP contribution in [0.15, 0.2) is 15.5 Å². The van der Waals surface area contributed by atoms with Gasteiger partial charge in [0.05, 0.1) is 12.1 Å². The summed E-state index contributed by atoms with van der Waals surface area (Å²) in [4.78, 5) is 34.9. The Kier molecular flexibility index (Phi) is 4.32. The Hall–Kier alpha value is -2.71. The van der Waals surface area contributed by atoms with E-state index in [1.165, 1.54) is 6.07 Å². The van der Waals surface area contributed by atoms with Gasteiger partial charge in [0, 0.05) is 39.2 Å². The molecule has 2 aromatic rings. The molecule has 24 heavy (non-hydrogen) atoms. The van der Waals surface area contributed by atoms with Crippen molar-refractivity contribution in [2.75, 3.05) is 32.1 Å². The second-order valence-electron chi connectivity index (χ2n) is 6.19. The Morgan fingerprint density at radius 2 is 2.25 bits per heavy atom. The van der Waals surface area contributed by atoms with Gasteiger partial charge in [-0.25, -0.2) is 9.61 Å². The Bertz CT molecular complexity index is 797. The third kappa shape index (κ3) is 3.29. The Morgan fingerprint density at radius 3 is 2.92 bits per heavy atom. The fourth-order valence-electron chi connectivity index (χ4n) is 2.78. The molecular weight excluding hydrogens is 312 g/mol. The fourth-order valence-corrected chi connectivity index (χ4v) is 2.78. The number of aromatic amines is 1. The molecule has 3 heterocycles. The molecule has 9 nitrogen and oxygen atoms in total. The molecule has 9 heteroatoms. The van der Waals surface area contributed by atoms with Crippen molar-refractivity contribution in [3.63, 3.8) is 0 Å².